The number of rotatable bonds is 5. The first kappa shape index (κ1) is 16.2. The number of hydrogen-bond donors (Lipinski definition) is 2. The van der Waals surface area contributed by atoms with Crippen LogP contribution in [0.2, 0.25) is 0 Å². The molecule has 1 amide bonds. The summed E-state index contributed by atoms with van der Waals surface area (Å²) in [7, 11) is 0. The van der Waals surface area contributed by atoms with Crippen LogP contribution >= 0.6 is 15.9 Å². The fourth-order valence-electron chi connectivity index (χ4n) is 1.80. The van der Waals surface area contributed by atoms with Gasteiger partial charge in [-0.05, 0) is 43.7 Å². The van der Waals surface area contributed by atoms with Crippen molar-refractivity contribution in [3.8, 4) is 0 Å². The predicted molar refractivity (Wildman–Crippen MR) is 94.2 cm³/mol. The molecule has 22 heavy (non-hydrogen) atoms. The van der Waals surface area contributed by atoms with Gasteiger partial charge in [-0.15, -0.1) is 0 Å². The van der Waals surface area contributed by atoms with Crippen LogP contribution in [0.4, 0.5) is 5.69 Å². The SMILES string of the molecule is C/C(=N/NC(=O)CNc1ccc(C)cc1)c1ccc(Br)cc1. The maximum Gasteiger partial charge on any atom is 0.259 e. The Morgan fingerprint density at radius 3 is 2.36 bits per heavy atom. The average Bonchev–Trinajstić information content (AvgIpc) is 2.52. The van der Waals surface area contributed by atoms with Crippen LogP contribution in [0.25, 0.3) is 0 Å². The maximum atomic E-state index is 11.8. The normalized spacial score (nSPS) is 11.1. The largest absolute Gasteiger partial charge is 0.376 e. The molecule has 0 bridgehead atoms. The van der Waals surface area contributed by atoms with Crippen LogP contribution in [0.1, 0.15) is 18.1 Å². The minimum absolute atomic E-state index is 0.181. The van der Waals surface area contributed by atoms with Crippen LogP contribution in [0, 0.1) is 6.92 Å². The van der Waals surface area contributed by atoms with E-state index in [-0.39, 0.29) is 12.5 Å². The molecule has 2 aromatic rings. The Hall–Kier alpha value is -2.14. The molecule has 0 spiro atoms. The topological polar surface area (TPSA) is 53.5 Å². The summed E-state index contributed by atoms with van der Waals surface area (Å²) in [5.74, 6) is -0.183. The van der Waals surface area contributed by atoms with Crippen molar-refractivity contribution in [3.63, 3.8) is 0 Å². The second kappa shape index (κ2) is 7.75. The number of hydrazone groups is 1. The Bertz CT molecular complexity index is 663. The van der Waals surface area contributed by atoms with Crippen molar-refractivity contribution in [1.29, 1.82) is 0 Å². The van der Waals surface area contributed by atoms with E-state index in [1.807, 2.05) is 62.4 Å². The van der Waals surface area contributed by atoms with Gasteiger partial charge in [-0.1, -0.05) is 45.8 Å². The summed E-state index contributed by atoms with van der Waals surface area (Å²) in [6.45, 7) is 4.06. The van der Waals surface area contributed by atoms with E-state index in [4.69, 9.17) is 0 Å². The third kappa shape index (κ3) is 5.00. The predicted octanol–water partition coefficient (Wildman–Crippen LogP) is 3.71. The zero-order chi connectivity index (χ0) is 15.9. The molecule has 0 unspecified atom stereocenters. The van der Waals surface area contributed by atoms with Crippen molar-refractivity contribution in [2.75, 3.05) is 11.9 Å². The summed E-state index contributed by atoms with van der Waals surface area (Å²) in [6, 6.07) is 15.6. The quantitative estimate of drug-likeness (QED) is 0.631. The maximum absolute atomic E-state index is 11.8. The second-order valence-corrected chi connectivity index (χ2v) is 5.87. The van der Waals surface area contributed by atoms with Crippen molar-refractivity contribution >= 4 is 33.2 Å². The first-order valence-corrected chi connectivity index (χ1v) is 7.73. The van der Waals surface area contributed by atoms with Gasteiger partial charge in [0.15, 0.2) is 0 Å². The Balaban J connectivity index is 1.85. The fourth-order valence-corrected chi connectivity index (χ4v) is 2.06. The molecule has 0 atom stereocenters. The van der Waals surface area contributed by atoms with Gasteiger partial charge in [0.25, 0.3) is 5.91 Å². The number of carbonyl (C=O) groups excluding carboxylic acids is 1. The minimum atomic E-state index is -0.183. The monoisotopic (exact) mass is 359 g/mol. The highest BCUT2D eigenvalue weighted by molar-refractivity contribution is 9.10. The van der Waals surface area contributed by atoms with Crippen LogP contribution in [-0.4, -0.2) is 18.2 Å². The summed E-state index contributed by atoms with van der Waals surface area (Å²) in [5.41, 5.74) is 6.38. The molecular weight excluding hydrogens is 342 g/mol. The molecule has 5 heteroatoms. The van der Waals surface area contributed by atoms with E-state index < -0.39 is 0 Å². The molecule has 2 N–H and O–H groups in total. The third-order valence-corrected chi connectivity index (χ3v) is 3.64. The lowest BCUT2D eigenvalue weighted by Gasteiger charge is -2.06. The molecule has 0 aromatic heterocycles. The summed E-state index contributed by atoms with van der Waals surface area (Å²) < 4.78 is 1.01. The van der Waals surface area contributed by atoms with Crippen LogP contribution < -0.4 is 10.7 Å². The van der Waals surface area contributed by atoms with Gasteiger partial charge < -0.3 is 5.32 Å². The standard InChI is InChI=1S/C17H18BrN3O/c1-12-3-9-16(10-4-12)19-11-17(22)21-20-13(2)14-5-7-15(18)8-6-14/h3-10,19H,11H2,1-2H3,(H,21,22)/b20-13-. The van der Waals surface area contributed by atoms with E-state index in [1.54, 1.807) is 0 Å². The number of amides is 1. The highest BCUT2D eigenvalue weighted by atomic mass is 79.9. The number of carbonyl (C=O) groups is 1. The van der Waals surface area contributed by atoms with Crippen LogP contribution in [-0.2, 0) is 4.79 Å². The van der Waals surface area contributed by atoms with Crippen LogP contribution in [0.15, 0.2) is 58.1 Å². The summed E-state index contributed by atoms with van der Waals surface area (Å²) in [6.07, 6.45) is 0. The molecule has 2 aromatic carbocycles. The Morgan fingerprint density at radius 2 is 1.73 bits per heavy atom. The van der Waals surface area contributed by atoms with Gasteiger partial charge in [-0.2, -0.15) is 5.10 Å². The van der Waals surface area contributed by atoms with Crippen molar-refractivity contribution in [1.82, 2.24) is 5.43 Å². The van der Waals surface area contributed by atoms with Gasteiger partial charge in [-0.25, -0.2) is 5.43 Å². The van der Waals surface area contributed by atoms with E-state index >= 15 is 0 Å². The van der Waals surface area contributed by atoms with Gasteiger partial charge in [0, 0.05) is 10.2 Å². The Labute approximate surface area is 138 Å². The van der Waals surface area contributed by atoms with E-state index in [0.29, 0.717) is 0 Å². The first-order chi connectivity index (χ1) is 10.5. The molecule has 0 radical (unpaired) electrons. The number of nitrogens with one attached hydrogen (secondary N) is 2. The number of hydrogen-bond acceptors (Lipinski definition) is 3. The molecule has 0 aliphatic rings. The van der Waals surface area contributed by atoms with Crippen molar-refractivity contribution in [3.05, 3.63) is 64.1 Å². The lowest BCUT2D eigenvalue weighted by Crippen LogP contribution is -2.26. The van der Waals surface area contributed by atoms with Gasteiger partial charge in [0.1, 0.15) is 0 Å². The fraction of sp³-hybridized carbons (Fsp3) is 0.176. The molecule has 2 rings (SSSR count). The lowest BCUT2D eigenvalue weighted by atomic mass is 10.1. The summed E-state index contributed by atoms with van der Waals surface area (Å²) in [5, 5.41) is 7.17. The van der Waals surface area contributed by atoms with Crippen molar-refractivity contribution in [2.45, 2.75) is 13.8 Å². The van der Waals surface area contributed by atoms with E-state index in [1.165, 1.54) is 5.56 Å². The molecule has 0 aliphatic heterocycles. The zero-order valence-electron chi connectivity index (χ0n) is 12.6. The number of benzene rings is 2. The van der Waals surface area contributed by atoms with Crippen molar-refractivity contribution < 1.29 is 4.79 Å². The average molecular weight is 360 g/mol. The van der Waals surface area contributed by atoms with E-state index in [2.05, 4.69) is 31.8 Å². The smallest absolute Gasteiger partial charge is 0.259 e. The molecule has 0 aliphatic carbocycles. The van der Waals surface area contributed by atoms with Crippen LogP contribution in [0.3, 0.4) is 0 Å². The van der Waals surface area contributed by atoms with Gasteiger partial charge in [0.05, 0.1) is 12.3 Å². The first-order valence-electron chi connectivity index (χ1n) is 6.94. The molecular formula is C17H18BrN3O. The molecule has 4 nitrogen and oxygen atoms in total. The molecule has 0 saturated heterocycles. The molecule has 0 saturated carbocycles. The van der Waals surface area contributed by atoms with Crippen molar-refractivity contribution in [2.24, 2.45) is 5.10 Å². The molecule has 114 valence electrons. The van der Waals surface area contributed by atoms with E-state index in [0.717, 1.165) is 21.4 Å². The summed E-state index contributed by atoms with van der Waals surface area (Å²) >= 11 is 3.39. The molecule has 0 heterocycles. The number of nitrogens with zero attached hydrogens (tertiary/aromatic N) is 1. The molecule has 0 fully saturated rings. The Kier molecular flexibility index (Phi) is 5.72. The van der Waals surface area contributed by atoms with Gasteiger partial charge in [0.2, 0.25) is 0 Å². The summed E-state index contributed by atoms with van der Waals surface area (Å²) in [4.78, 5) is 11.8. The number of anilines is 1. The van der Waals surface area contributed by atoms with Gasteiger partial charge in [-0.3, -0.25) is 4.79 Å². The van der Waals surface area contributed by atoms with Gasteiger partial charge >= 0.3 is 0 Å². The van der Waals surface area contributed by atoms with E-state index in [9.17, 15) is 4.79 Å². The number of halogens is 1. The highest BCUT2D eigenvalue weighted by Gasteiger charge is 2.01. The lowest BCUT2D eigenvalue weighted by molar-refractivity contribution is -0.119. The third-order valence-electron chi connectivity index (χ3n) is 3.11. The zero-order valence-corrected chi connectivity index (χ0v) is 14.1. The second-order valence-electron chi connectivity index (χ2n) is 4.96. The number of aryl methyl sites for hydroxylation is 1. The Morgan fingerprint density at radius 1 is 1.09 bits per heavy atom. The highest BCUT2D eigenvalue weighted by Crippen LogP contribution is 2.11. The van der Waals surface area contributed by atoms with Crippen LogP contribution in [0.5, 0.6) is 0 Å². The minimum Gasteiger partial charge on any atom is -0.376 e.